The molecule has 0 bridgehead atoms. The third-order valence-electron chi connectivity index (χ3n) is 3.97. The van der Waals surface area contributed by atoms with E-state index in [0.717, 1.165) is 37.4 Å². The maximum atomic E-state index is 11.4. The number of hydrogen-bond donors (Lipinski definition) is 0. The highest BCUT2D eigenvalue weighted by atomic mass is 16.5. The number of nitrogens with zero attached hydrogens (tertiary/aromatic N) is 2. The van der Waals surface area contributed by atoms with Gasteiger partial charge in [-0.25, -0.2) is 0 Å². The zero-order chi connectivity index (χ0) is 14.2. The van der Waals surface area contributed by atoms with Gasteiger partial charge in [0.05, 0.1) is 5.69 Å². The minimum absolute atomic E-state index is 0.0527. The summed E-state index contributed by atoms with van der Waals surface area (Å²) in [6, 6.07) is 0. The zero-order valence-corrected chi connectivity index (χ0v) is 12.6. The fourth-order valence-electron chi connectivity index (χ4n) is 3.05. The lowest BCUT2D eigenvalue weighted by molar-refractivity contribution is -0.129. The van der Waals surface area contributed by atoms with Gasteiger partial charge in [0.15, 0.2) is 0 Å². The van der Waals surface area contributed by atoms with E-state index >= 15 is 0 Å². The average Bonchev–Trinajstić information content (AvgIpc) is 2.71. The molecule has 1 aliphatic heterocycles. The molecule has 2 heterocycles. The highest BCUT2D eigenvalue weighted by Gasteiger charge is 2.31. The van der Waals surface area contributed by atoms with Crippen LogP contribution in [0.5, 0.6) is 0 Å². The van der Waals surface area contributed by atoms with Gasteiger partial charge in [-0.3, -0.25) is 4.79 Å². The summed E-state index contributed by atoms with van der Waals surface area (Å²) in [5.41, 5.74) is 2.40. The van der Waals surface area contributed by atoms with Crippen molar-refractivity contribution < 1.29 is 9.32 Å². The fourth-order valence-corrected chi connectivity index (χ4v) is 3.05. The first-order valence-electron chi connectivity index (χ1n) is 7.03. The van der Waals surface area contributed by atoms with Gasteiger partial charge in [-0.1, -0.05) is 25.9 Å². The van der Waals surface area contributed by atoms with Crippen molar-refractivity contribution in [1.82, 2.24) is 10.1 Å². The molecule has 1 aromatic rings. The molecule has 0 radical (unpaired) electrons. The monoisotopic (exact) mass is 264 g/mol. The second kappa shape index (κ2) is 4.99. The van der Waals surface area contributed by atoms with Crippen molar-refractivity contribution in [2.75, 3.05) is 13.1 Å². The van der Waals surface area contributed by atoms with Crippen molar-refractivity contribution in [3.05, 3.63) is 17.0 Å². The van der Waals surface area contributed by atoms with Crippen molar-refractivity contribution in [2.45, 2.75) is 58.8 Å². The minimum Gasteiger partial charge on any atom is -0.361 e. The molecule has 0 saturated carbocycles. The fraction of sp³-hybridized carbons (Fsp3) is 0.733. The maximum absolute atomic E-state index is 11.4. The Bertz CT molecular complexity index is 463. The van der Waals surface area contributed by atoms with E-state index < -0.39 is 0 Å². The first kappa shape index (κ1) is 14.1. The number of carbonyl (C=O) groups excluding carboxylic acids is 1. The lowest BCUT2D eigenvalue weighted by Gasteiger charge is -2.31. The molecule has 0 atom stereocenters. The molecule has 1 fully saturated rings. The Morgan fingerprint density at radius 3 is 2.37 bits per heavy atom. The zero-order valence-electron chi connectivity index (χ0n) is 12.6. The Labute approximate surface area is 115 Å². The number of amides is 1. The standard InChI is InChI=1S/C15H24N2O2/c1-10-13(15(3,4)5)14(16-19-10)12-6-8-17(9-7-12)11(2)18/h12H,6-9H2,1-5H3. The van der Waals surface area contributed by atoms with Gasteiger partial charge in [-0.2, -0.15) is 0 Å². The molecular formula is C15H24N2O2. The summed E-state index contributed by atoms with van der Waals surface area (Å²) >= 11 is 0. The first-order chi connectivity index (χ1) is 8.80. The van der Waals surface area contributed by atoms with Crippen molar-refractivity contribution in [3.8, 4) is 0 Å². The first-order valence-corrected chi connectivity index (χ1v) is 7.03. The highest BCUT2D eigenvalue weighted by Crippen LogP contribution is 2.37. The smallest absolute Gasteiger partial charge is 0.219 e. The quantitative estimate of drug-likeness (QED) is 0.783. The number of aryl methyl sites for hydroxylation is 1. The molecule has 0 unspecified atom stereocenters. The Morgan fingerprint density at radius 1 is 1.32 bits per heavy atom. The van der Waals surface area contributed by atoms with Gasteiger partial charge < -0.3 is 9.42 Å². The van der Waals surface area contributed by atoms with Gasteiger partial charge in [0, 0.05) is 31.5 Å². The average molecular weight is 264 g/mol. The van der Waals surface area contributed by atoms with Crippen LogP contribution in [-0.4, -0.2) is 29.1 Å². The molecule has 1 aliphatic rings. The lowest BCUT2D eigenvalue weighted by Crippen LogP contribution is -2.36. The third kappa shape index (κ3) is 2.82. The summed E-state index contributed by atoms with van der Waals surface area (Å²) in [5, 5.41) is 4.30. The van der Waals surface area contributed by atoms with Gasteiger partial charge in [0.25, 0.3) is 0 Å². The molecule has 0 aromatic carbocycles. The second-order valence-corrected chi connectivity index (χ2v) is 6.53. The molecule has 4 heteroatoms. The number of rotatable bonds is 1. The number of likely N-dealkylation sites (tertiary alicyclic amines) is 1. The van der Waals surface area contributed by atoms with Crippen molar-refractivity contribution in [2.24, 2.45) is 0 Å². The van der Waals surface area contributed by atoms with Crippen molar-refractivity contribution in [3.63, 3.8) is 0 Å². The lowest BCUT2D eigenvalue weighted by atomic mass is 9.80. The van der Waals surface area contributed by atoms with E-state index in [1.165, 1.54) is 5.56 Å². The Hall–Kier alpha value is -1.32. The molecule has 1 amide bonds. The van der Waals surface area contributed by atoms with Crippen molar-refractivity contribution >= 4 is 5.91 Å². The Morgan fingerprint density at radius 2 is 1.89 bits per heavy atom. The van der Waals surface area contributed by atoms with Gasteiger partial charge in [-0.15, -0.1) is 0 Å². The maximum Gasteiger partial charge on any atom is 0.219 e. The van der Waals surface area contributed by atoms with Gasteiger partial charge >= 0.3 is 0 Å². The van der Waals surface area contributed by atoms with Crippen LogP contribution >= 0.6 is 0 Å². The molecule has 4 nitrogen and oxygen atoms in total. The minimum atomic E-state index is 0.0527. The van der Waals surface area contributed by atoms with Crippen LogP contribution in [0.4, 0.5) is 0 Å². The van der Waals surface area contributed by atoms with Crippen LogP contribution in [0.25, 0.3) is 0 Å². The second-order valence-electron chi connectivity index (χ2n) is 6.53. The van der Waals surface area contributed by atoms with Crippen LogP contribution < -0.4 is 0 Å². The predicted molar refractivity (Wildman–Crippen MR) is 74.2 cm³/mol. The van der Waals surface area contributed by atoms with Crippen LogP contribution in [0.1, 0.15) is 63.5 Å². The number of piperidine rings is 1. The van der Waals surface area contributed by atoms with Gasteiger partial charge in [0.2, 0.25) is 5.91 Å². The van der Waals surface area contributed by atoms with Crippen LogP contribution in [0.3, 0.4) is 0 Å². The van der Waals surface area contributed by atoms with Gasteiger partial charge in [-0.05, 0) is 25.2 Å². The Kier molecular flexibility index (Phi) is 3.70. The number of hydrogen-bond acceptors (Lipinski definition) is 3. The third-order valence-corrected chi connectivity index (χ3v) is 3.97. The molecule has 19 heavy (non-hydrogen) atoms. The predicted octanol–water partition coefficient (Wildman–Crippen LogP) is 3.01. The van der Waals surface area contributed by atoms with E-state index in [1.807, 2.05) is 11.8 Å². The number of carbonyl (C=O) groups is 1. The molecule has 1 aromatic heterocycles. The summed E-state index contributed by atoms with van der Waals surface area (Å²) in [7, 11) is 0. The van der Waals surface area contributed by atoms with Crippen molar-refractivity contribution in [1.29, 1.82) is 0 Å². The van der Waals surface area contributed by atoms with E-state index in [0.29, 0.717) is 5.92 Å². The van der Waals surface area contributed by atoms with E-state index in [9.17, 15) is 4.79 Å². The van der Waals surface area contributed by atoms with E-state index in [4.69, 9.17) is 4.52 Å². The topological polar surface area (TPSA) is 46.3 Å². The molecule has 0 aliphatic carbocycles. The van der Waals surface area contributed by atoms with E-state index in [1.54, 1.807) is 6.92 Å². The van der Waals surface area contributed by atoms with Crippen LogP contribution in [0, 0.1) is 6.92 Å². The molecule has 1 saturated heterocycles. The summed E-state index contributed by atoms with van der Waals surface area (Å²) in [6.07, 6.45) is 1.96. The molecule has 2 rings (SSSR count). The van der Waals surface area contributed by atoms with Crippen LogP contribution in [0.2, 0.25) is 0 Å². The summed E-state index contributed by atoms with van der Waals surface area (Å²) in [5.74, 6) is 1.52. The summed E-state index contributed by atoms with van der Waals surface area (Å²) in [4.78, 5) is 13.3. The molecule has 0 N–H and O–H groups in total. The van der Waals surface area contributed by atoms with E-state index in [2.05, 4.69) is 25.9 Å². The van der Waals surface area contributed by atoms with Crippen LogP contribution in [-0.2, 0) is 10.2 Å². The SMILES string of the molecule is CC(=O)N1CCC(c2noc(C)c2C(C)(C)C)CC1. The summed E-state index contributed by atoms with van der Waals surface area (Å²) < 4.78 is 5.42. The molecule has 0 spiro atoms. The molecule has 106 valence electrons. The highest BCUT2D eigenvalue weighted by molar-refractivity contribution is 5.73. The normalized spacial score (nSPS) is 17.8. The van der Waals surface area contributed by atoms with Gasteiger partial charge in [0.1, 0.15) is 5.76 Å². The van der Waals surface area contributed by atoms with Crippen LogP contribution in [0.15, 0.2) is 4.52 Å². The van der Waals surface area contributed by atoms with E-state index in [-0.39, 0.29) is 11.3 Å². The molecular weight excluding hydrogens is 240 g/mol. The largest absolute Gasteiger partial charge is 0.361 e. The number of aromatic nitrogens is 1. The Balaban J connectivity index is 2.19. The summed E-state index contributed by atoms with van der Waals surface area (Å²) in [6.45, 7) is 11.9.